The standard InChI is InChI=1S/C20H19F2NO6/c1-26-15-7-5-4-6-12(15)8-9-18(24)23-14-11-17(29-20(21)22)16(27-2)10-13(14)19(25)28-3/h4-11,20H,1-3H3,(H,23,24)/b9-8+. The zero-order valence-electron chi connectivity index (χ0n) is 15.9. The number of carbonyl (C=O) groups is 2. The third-order valence-corrected chi connectivity index (χ3v) is 3.74. The Morgan fingerprint density at radius 2 is 1.69 bits per heavy atom. The molecule has 0 spiro atoms. The summed E-state index contributed by atoms with van der Waals surface area (Å²) < 4.78 is 44.5. The minimum Gasteiger partial charge on any atom is -0.496 e. The third kappa shape index (κ3) is 5.68. The van der Waals surface area contributed by atoms with Crippen molar-refractivity contribution in [2.24, 2.45) is 0 Å². The van der Waals surface area contributed by atoms with Gasteiger partial charge in [0.15, 0.2) is 11.5 Å². The monoisotopic (exact) mass is 407 g/mol. The van der Waals surface area contributed by atoms with Gasteiger partial charge < -0.3 is 24.3 Å². The van der Waals surface area contributed by atoms with Crippen molar-refractivity contribution in [2.45, 2.75) is 6.61 Å². The molecule has 2 rings (SSSR count). The highest BCUT2D eigenvalue weighted by atomic mass is 19.3. The summed E-state index contributed by atoms with van der Waals surface area (Å²) in [6.45, 7) is -3.12. The van der Waals surface area contributed by atoms with E-state index in [4.69, 9.17) is 9.47 Å². The zero-order chi connectivity index (χ0) is 21.4. The Labute approximate surface area is 165 Å². The lowest BCUT2D eigenvalue weighted by Gasteiger charge is -2.15. The summed E-state index contributed by atoms with van der Waals surface area (Å²) in [5.41, 5.74) is 0.475. The molecular weight excluding hydrogens is 388 g/mol. The van der Waals surface area contributed by atoms with Crippen LogP contribution in [0.25, 0.3) is 6.08 Å². The first-order valence-corrected chi connectivity index (χ1v) is 8.26. The van der Waals surface area contributed by atoms with Gasteiger partial charge in [-0.3, -0.25) is 4.79 Å². The van der Waals surface area contributed by atoms with Gasteiger partial charge in [-0.15, -0.1) is 0 Å². The van der Waals surface area contributed by atoms with Crippen LogP contribution in [0.5, 0.6) is 17.2 Å². The summed E-state index contributed by atoms with van der Waals surface area (Å²) in [6, 6.07) is 9.22. The minimum atomic E-state index is -3.12. The molecule has 1 amide bonds. The van der Waals surface area contributed by atoms with Crippen LogP contribution in [0.15, 0.2) is 42.5 Å². The van der Waals surface area contributed by atoms with E-state index in [0.29, 0.717) is 11.3 Å². The molecule has 9 heteroatoms. The summed E-state index contributed by atoms with van der Waals surface area (Å²) in [5, 5.41) is 2.45. The first-order valence-electron chi connectivity index (χ1n) is 8.26. The van der Waals surface area contributed by atoms with Gasteiger partial charge >= 0.3 is 12.6 Å². The molecular formula is C20H19F2NO6. The molecule has 1 N–H and O–H groups in total. The fourth-order valence-electron chi connectivity index (χ4n) is 2.43. The first kappa shape index (κ1) is 21.7. The van der Waals surface area contributed by atoms with Gasteiger partial charge in [-0.25, -0.2) is 4.79 Å². The smallest absolute Gasteiger partial charge is 0.387 e. The summed E-state index contributed by atoms with van der Waals surface area (Å²) in [5.74, 6) is -1.32. The number of benzene rings is 2. The number of hydrogen-bond acceptors (Lipinski definition) is 6. The third-order valence-electron chi connectivity index (χ3n) is 3.74. The SMILES string of the molecule is COC(=O)c1cc(OC)c(OC(F)F)cc1NC(=O)/C=C/c1ccccc1OC. The number of carbonyl (C=O) groups excluding carboxylic acids is 2. The fraction of sp³-hybridized carbons (Fsp3) is 0.200. The van der Waals surface area contributed by atoms with E-state index in [-0.39, 0.29) is 22.7 Å². The Morgan fingerprint density at radius 1 is 1.00 bits per heavy atom. The topological polar surface area (TPSA) is 83.1 Å². The van der Waals surface area contributed by atoms with E-state index >= 15 is 0 Å². The Bertz CT molecular complexity index is 914. The quantitative estimate of drug-likeness (QED) is 0.530. The van der Waals surface area contributed by atoms with Gasteiger partial charge in [0.1, 0.15) is 5.75 Å². The van der Waals surface area contributed by atoms with Crippen molar-refractivity contribution in [1.82, 2.24) is 0 Å². The van der Waals surface area contributed by atoms with Crippen LogP contribution in [-0.2, 0) is 9.53 Å². The highest BCUT2D eigenvalue weighted by molar-refractivity contribution is 6.07. The van der Waals surface area contributed by atoms with Gasteiger partial charge in [0.05, 0.1) is 32.6 Å². The van der Waals surface area contributed by atoms with E-state index in [2.05, 4.69) is 14.8 Å². The number of esters is 1. The number of halogens is 2. The fourth-order valence-corrected chi connectivity index (χ4v) is 2.43. The van der Waals surface area contributed by atoms with Crippen molar-refractivity contribution in [3.63, 3.8) is 0 Å². The van der Waals surface area contributed by atoms with Crippen molar-refractivity contribution in [3.8, 4) is 17.2 Å². The molecule has 0 aliphatic heterocycles. The Morgan fingerprint density at radius 3 is 2.31 bits per heavy atom. The van der Waals surface area contributed by atoms with Crippen molar-refractivity contribution in [1.29, 1.82) is 0 Å². The van der Waals surface area contributed by atoms with E-state index in [0.717, 1.165) is 19.2 Å². The number of methoxy groups -OCH3 is 3. The van der Waals surface area contributed by atoms with Gasteiger partial charge in [-0.1, -0.05) is 18.2 Å². The Kier molecular flexibility index (Phi) is 7.53. The predicted molar refractivity (Wildman–Crippen MR) is 102 cm³/mol. The molecule has 0 aliphatic carbocycles. The molecule has 0 bridgehead atoms. The number of hydrogen-bond donors (Lipinski definition) is 1. The molecule has 0 saturated carbocycles. The van der Waals surface area contributed by atoms with Crippen LogP contribution < -0.4 is 19.5 Å². The Hall–Kier alpha value is -3.62. The van der Waals surface area contributed by atoms with Crippen molar-refractivity contribution < 1.29 is 37.3 Å². The largest absolute Gasteiger partial charge is 0.496 e. The molecule has 29 heavy (non-hydrogen) atoms. The van der Waals surface area contributed by atoms with Crippen LogP contribution in [0.4, 0.5) is 14.5 Å². The summed E-state index contributed by atoms with van der Waals surface area (Å²) >= 11 is 0. The lowest BCUT2D eigenvalue weighted by molar-refractivity contribution is -0.111. The molecule has 0 fully saturated rings. The van der Waals surface area contributed by atoms with Crippen molar-refractivity contribution >= 4 is 23.6 Å². The molecule has 7 nitrogen and oxygen atoms in total. The molecule has 0 atom stereocenters. The lowest BCUT2D eigenvalue weighted by atomic mass is 10.1. The maximum Gasteiger partial charge on any atom is 0.387 e. The average Bonchev–Trinajstić information content (AvgIpc) is 2.71. The molecule has 0 unspecified atom stereocenters. The van der Waals surface area contributed by atoms with Gasteiger partial charge in [-0.05, 0) is 12.1 Å². The van der Waals surface area contributed by atoms with Crippen LogP contribution in [-0.4, -0.2) is 39.8 Å². The van der Waals surface area contributed by atoms with Crippen LogP contribution >= 0.6 is 0 Å². The number of para-hydroxylation sites is 1. The van der Waals surface area contributed by atoms with Crippen LogP contribution in [0, 0.1) is 0 Å². The summed E-state index contributed by atoms with van der Waals surface area (Å²) in [6.07, 6.45) is 2.71. The normalized spacial score (nSPS) is 10.7. The second-order valence-corrected chi connectivity index (χ2v) is 5.48. The molecule has 0 heterocycles. The number of alkyl halides is 2. The second-order valence-electron chi connectivity index (χ2n) is 5.48. The summed E-state index contributed by atoms with van der Waals surface area (Å²) in [4.78, 5) is 24.4. The number of nitrogens with one attached hydrogen (secondary N) is 1. The zero-order valence-corrected chi connectivity index (χ0v) is 15.9. The summed E-state index contributed by atoms with van der Waals surface area (Å²) in [7, 11) is 3.87. The van der Waals surface area contributed by atoms with Gasteiger partial charge in [0.2, 0.25) is 5.91 Å². The Balaban J connectivity index is 2.34. The maximum absolute atomic E-state index is 12.7. The molecule has 2 aromatic carbocycles. The molecule has 154 valence electrons. The van der Waals surface area contributed by atoms with Crippen molar-refractivity contribution in [2.75, 3.05) is 26.6 Å². The minimum absolute atomic E-state index is 0.0806. The predicted octanol–water partition coefficient (Wildman–Crippen LogP) is 3.74. The van der Waals surface area contributed by atoms with Crippen LogP contribution in [0.1, 0.15) is 15.9 Å². The van der Waals surface area contributed by atoms with Crippen molar-refractivity contribution in [3.05, 3.63) is 53.6 Å². The number of rotatable bonds is 8. The highest BCUT2D eigenvalue weighted by Crippen LogP contribution is 2.35. The first-order chi connectivity index (χ1) is 13.9. The molecule has 0 aliphatic rings. The van der Waals surface area contributed by atoms with Crippen LogP contribution in [0.3, 0.4) is 0 Å². The van der Waals surface area contributed by atoms with E-state index < -0.39 is 18.5 Å². The number of anilines is 1. The average molecular weight is 407 g/mol. The van der Waals surface area contributed by atoms with Gasteiger partial charge in [-0.2, -0.15) is 8.78 Å². The highest BCUT2D eigenvalue weighted by Gasteiger charge is 2.20. The van der Waals surface area contributed by atoms with E-state index in [9.17, 15) is 18.4 Å². The van der Waals surface area contributed by atoms with Gasteiger partial charge in [0, 0.05) is 23.8 Å². The molecule has 0 aromatic heterocycles. The molecule has 0 saturated heterocycles. The molecule has 0 radical (unpaired) electrons. The maximum atomic E-state index is 12.7. The number of amides is 1. The van der Waals surface area contributed by atoms with E-state index in [1.165, 1.54) is 26.4 Å². The molecule has 2 aromatic rings. The lowest BCUT2D eigenvalue weighted by Crippen LogP contribution is -2.14. The van der Waals surface area contributed by atoms with Gasteiger partial charge in [0.25, 0.3) is 0 Å². The van der Waals surface area contributed by atoms with E-state index in [1.54, 1.807) is 24.3 Å². The van der Waals surface area contributed by atoms with E-state index in [1.807, 2.05) is 0 Å². The number of ether oxygens (including phenoxy) is 4. The second kappa shape index (κ2) is 10.1. The van der Waals surface area contributed by atoms with Crippen LogP contribution in [0.2, 0.25) is 0 Å².